The molecule has 0 amide bonds. The molecule has 0 bridgehead atoms. The molecule has 1 aliphatic rings. The molecule has 1 fully saturated rings. The molecule has 0 aliphatic heterocycles. The van der Waals surface area contributed by atoms with Crippen molar-refractivity contribution in [3.05, 3.63) is 59.8 Å². The Hall–Kier alpha value is -2.29. The van der Waals surface area contributed by atoms with E-state index in [2.05, 4.69) is 64.9 Å². The maximum absolute atomic E-state index is 4.12. The molecule has 1 saturated carbocycles. The first-order valence-corrected chi connectivity index (χ1v) is 7.55. The Kier molecular flexibility index (Phi) is 2.92. The van der Waals surface area contributed by atoms with Crippen molar-refractivity contribution in [2.24, 2.45) is 0 Å². The summed E-state index contributed by atoms with van der Waals surface area (Å²) in [5.74, 6) is 0.699. The molecular weight excluding hydrogens is 258 g/mol. The van der Waals surface area contributed by atoms with Crippen molar-refractivity contribution < 1.29 is 0 Å². The highest BCUT2D eigenvalue weighted by atomic mass is 15.1. The van der Waals surface area contributed by atoms with Crippen LogP contribution in [0.5, 0.6) is 0 Å². The van der Waals surface area contributed by atoms with E-state index in [4.69, 9.17) is 0 Å². The molecule has 0 atom stereocenters. The number of hydrogen-bond donors (Lipinski definition) is 2. The van der Waals surface area contributed by atoms with Crippen molar-refractivity contribution in [2.45, 2.75) is 31.7 Å². The molecule has 21 heavy (non-hydrogen) atoms. The molecule has 0 unspecified atom stereocenters. The molecular formula is C18H19N3. The number of para-hydroxylation sites is 1. The quantitative estimate of drug-likeness (QED) is 0.752. The summed E-state index contributed by atoms with van der Waals surface area (Å²) in [6.07, 6.45) is 4.28. The second kappa shape index (κ2) is 4.92. The van der Waals surface area contributed by atoms with Crippen molar-refractivity contribution in [2.75, 3.05) is 5.32 Å². The third-order valence-electron chi connectivity index (χ3n) is 4.60. The average Bonchev–Trinajstić information content (AvgIpc) is 2.93. The van der Waals surface area contributed by atoms with Crippen LogP contribution < -0.4 is 5.32 Å². The van der Waals surface area contributed by atoms with Crippen molar-refractivity contribution in [3.63, 3.8) is 0 Å². The molecule has 4 rings (SSSR count). The second-order valence-electron chi connectivity index (χ2n) is 6.01. The Morgan fingerprint density at radius 3 is 2.81 bits per heavy atom. The molecule has 0 radical (unpaired) electrons. The van der Waals surface area contributed by atoms with Gasteiger partial charge in [0.15, 0.2) is 0 Å². The lowest BCUT2D eigenvalue weighted by molar-refractivity contribution is 0.373. The van der Waals surface area contributed by atoms with E-state index in [1.54, 1.807) is 0 Å². The number of benzene rings is 2. The van der Waals surface area contributed by atoms with Gasteiger partial charge in [-0.3, -0.25) is 5.10 Å². The van der Waals surface area contributed by atoms with Crippen LogP contribution in [0, 0.1) is 6.92 Å². The molecule has 0 saturated heterocycles. The summed E-state index contributed by atoms with van der Waals surface area (Å²) < 4.78 is 0. The number of nitrogens with one attached hydrogen (secondary N) is 2. The number of aromatic nitrogens is 2. The molecule has 2 aromatic carbocycles. The van der Waals surface area contributed by atoms with E-state index in [0.717, 1.165) is 10.9 Å². The zero-order valence-corrected chi connectivity index (χ0v) is 12.1. The van der Waals surface area contributed by atoms with Crippen LogP contribution in [0.25, 0.3) is 10.9 Å². The Balaban J connectivity index is 1.47. The first-order valence-electron chi connectivity index (χ1n) is 7.55. The summed E-state index contributed by atoms with van der Waals surface area (Å²) in [5.41, 5.74) is 5.20. The number of aromatic amines is 1. The van der Waals surface area contributed by atoms with Crippen LogP contribution in [-0.4, -0.2) is 16.2 Å². The van der Waals surface area contributed by atoms with Crippen molar-refractivity contribution in [3.8, 4) is 0 Å². The van der Waals surface area contributed by atoms with Gasteiger partial charge in [0, 0.05) is 11.4 Å². The predicted molar refractivity (Wildman–Crippen MR) is 86.7 cm³/mol. The number of anilines is 1. The van der Waals surface area contributed by atoms with Crippen LogP contribution in [-0.2, 0) is 0 Å². The Morgan fingerprint density at radius 1 is 1.10 bits per heavy atom. The van der Waals surface area contributed by atoms with Gasteiger partial charge in [-0.1, -0.05) is 36.4 Å². The van der Waals surface area contributed by atoms with Crippen LogP contribution in [0.15, 0.2) is 48.7 Å². The van der Waals surface area contributed by atoms with Gasteiger partial charge >= 0.3 is 0 Å². The molecule has 106 valence electrons. The van der Waals surface area contributed by atoms with Crippen molar-refractivity contribution >= 4 is 16.6 Å². The lowest BCUT2D eigenvalue weighted by atomic mass is 9.74. The van der Waals surface area contributed by atoms with Crippen LogP contribution in [0.3, 0.4) is 0 Å². The number of H-pyrrole nitrogens is 1. The second-order valence-corrected chi connectivity index (χ2v) is 6.01. The van der Waals surface area contributed by atoms with E-state index in [1.807, 2.05) is 6.20 Å². The molecule has 1 aromatic heterocycles. The summed E-state index contributed by atoms with van der Waals surface area (Å²) in [4.78, 5) is 0. The zero-order valence-electron chi connectivity index (χ0n) is 12.1. The van der Waals surface area contributed by atoms with Crippen molar-refractivity contribution in [1.29, 1.82) is 0 Å². The van der Waals surface area contributed by atoms with Gasteiger partial charge in [-0.05, 0) is 42.9 Å². The number of aryl methyl sites for hydroxylation is 1. The van der Waals surface area contributed by atoms with E-state index in [-0.39, 0.29) is 0 Å². The van der Waals surface area contributed by atoms with E-state index >= 15 is 0 Å². The Bertz CT molecular complexity index is 769. The molecule has 1 aliphatic carbocycles. The smallest absolute Gasteiger partial charge is 0.0881 e. The molecule has 3 nitrogen and oxygen atoms in total. The number of nitrogens with zero attached hydrogens (tertiary/aromatic N) is 1. The maximum Gasteiger partial charge on any atom is 0.0881 e. The number of hydrogen-bond acceptors (Lipinski definition) is 2. The SMILES string of the molecule is Cc1ccccc1C1CC(Nc2cccc3cn[nH]c23)C1. The molecule has 3 heteroatoms. The molecule has 3 aromatic rings. The van der Waals surface area contributed by atoms with Gasteiger partial charge in [-0.25, -0.2) is 0 Å². The minimum atomic E-state index is 0.559. The van der Waals surface area contributed by atoms with E-state index in [9.17, 15) is 0 Å². The van der Waals surface area contributed by atoms with Crippen molar-refractivity contribution in [1.82, 2.24) is 10.2 Å². The van der Waals surface area contributed by atoms with Gasteiger partial charge < -0.3 is 5.32 Å². The molecule has 0 spiro atoms. The van der Waals surface area contributed by atoms with E-state index < -0.39 is 0 Å². The predicted octanol–water partition coefficient (Wildman–Crippen LogP) is 4.23. The Morgan fingerprint density at radius 2 is 1.95 bits per heavy atom. The van der Waals surface area contributed by atoms with Crippen LogP contribution in [0.2, 0.25) is 0 Å². The normalized spacial score (nSPS) is 21.2. The number of rotatable bonds is 3. The Labute approximate surface area is 124 Å². The fraction of sp³-hybridized carbons (Fsp3) is 0.278. The average molecular weight is 277 g/mol. The lowest BCUT2D eigenvalue weighted by Crippen LogP contribution is -2.34. The minimum absolute atomic E-state index is 0.559. The third-order valence-corrected chi connectivity index (χ3v) is 4.60. The fourth-order valence-electron chi connectivity index (χ4n) is 3.34. The van der Waals surface area contributed by atoms with E-state index in [0.29, 0.717) is 12.0 Å². The molecule has 1 heterocycles. The summed E-state index contributed by atoms with van der Waals surface area (Å²) in [6.45, 7) is 2.21. The van der Waals surface area contributed by atoms with E-state index in [1.165, 1.54) is 29.7 Å². The van der Waals surface area contributed by atoms with Crippen LogP contribution in [0.4, 0.5) is 5.69 Å². The highest BCUT2D eigenvalue weighted by Crippen LogP contribution is 2.40. The number of fused-ring (bicyclic) bond motifs is 1. The standard InChI is InChI=1S/C18H19N3/c1-12-5-2-3-7-16(12)14-9-15(10-14)20-17-8-4-6-13-11-19-21-18(13)17/h2-8,11,14-15,20H,9-10H2,1H3,(H,19,21). The minimum Gasteiger partial charge on any atom is -0.381 e. The first-order chi connectivity index (χ1) is 10.3. The summed E-state index contributed by atoms with van der Waals surface area (Å²) in [7, 11) is 0. The summed E-state index contributed by atoms with van der Waals surface area (Å²) >= 11 is 0. The fourth-order valence-corrected chi connectivity index (χ4v) is 3.34. The lowest BCUT2D eigenvalue weighted by Gasteiger charge is -2.37. The largest absolute Gasteiger partial charge is 0.381 e. The van der Waals surface area contributed by atoms with Crippen LogP contribution >= 0.6 is 0 Å². The van der Waals surface area contributed by atoms with Gasteiger partial charge in [0.1, 0.15) is 0 Å². The van der Waals surface area contributed by atoms with Gasteiger partial charge in [0.25, 0.3) is 0 Å². The van der Waals surface area contributed by atoms with Gasteiger partial charge in [0.2, 0.25) is 0 Å². The highest BCUT2D eigenvalue weighted by Gasteiger charge is 2.31. The third kappa shape index (κ3) is 2.19. The first kappa shape index (κ1) is 12.5. The monoisotopic (exact) mass is 277 g/mol. The topological polar surface area (TPSA) is 40.7 Å². The summed E-state index contributed by atoms with van der Waals surface area (Å²) in [5, 5.41) is 12.0. The van der Waals surface area contributed by atoms with Gasteiger partial charge in [-0.15, -0.1) is 0 Å². The zero-order chi connectivity index (χ0) is 14.2. The highest BCUT2D eigenvalue weighted by molar-refractivity contribution is 5.90. The van der Waals surface area contributed by atoms with Gasteiger partial charge in [0.05, 0.1) is 17.4 Å². The summed E-state index contributed by atoms with van der Waals surface area (Å²) in [6, 6.07) is 15.6. The molecule has 2 N–H and O–H groups in total. The van der Waals surface area contributed by atoms with Crippen LogP contribution in [0.1, 0.15) is 29.9 Å². The van der Waals surface area contributed by atoms with Gasteiger partial charge in [-0.2, -0.15) is 5.10 Å². The maximum atomic E-state index is 4.12.